The summed E-state index contributed by atoms with van der Waals surface area (Å²) in [6.07, 6.45) is 7.27. The molecule has 152 valence electrons. The van der Waals surface area contributed by atoms with Crippen molar-refractivity contribution in [2.75, 3.05) is 19.8 Å². The van der Waals surface area contributed by atoms with Crippen molar-refractivity contribution in [3.8, 4) is 10.6 Å². The largest absolute Gasteiger partial charge is 0.342 e. The van der Waals surface area contributed by atoms with Gasteiger partial charge in [0.05, 0.1) is 30.5 Å². The first-order chi connectivity index (χ1) is 14.1. The highest BCUT2D eigenvalue weighted by Crippen LogP contribution is 2.26. The third-order valence-electron chi connectivity index (χ3n) is 5.44. The Morgan fingerprint density at radius 1 is 1.21 bits per heavy atom. The molecule has 0 unspecified atom stereocenters. The number of aryl methyl sites for hydroxylation is 1. The zero-order valence-electron chi connectivity index (χ0n) is 16.5. The van der Waals surface area contributed by atoms with Crippen LogP contribution in [-0.4, -0.2) is 50.7 Å². The molecular formula is C21H24FN5OS. The second-order valence-corrected chi connectivity index (χ2v) is 8.73. The topological polar surface area (TPSA) is 71.9 Å². The SMILES string of the molecule is Cc1nnc(-c2cnc3cnc(CC(=O)N4CCC(CCCF)CC4)cc3c2)s1. The van der Waals surface area contributed by atoms with Crippen LogP contribution in [0.2, 0.25) is 0 Å². The first kappa shape index (κ1) is 19.8. The van der Waals surface area contributed by atoms with Gasteiger partial charge in [0, 0.05) is 30.2 Å². The van der Waals surface area contributed by atoms with Gasteiger partial charge < -0.3 is 4.90 Å². The Labute approximate surface area is 173 Å². The van der Waals surface area contributed by atoms with Gasteiger partial charge in [0.1, 0.15) is 10.0 Å². The van der Waals surface area contributed by atoms with E-state index >= 15 is 0 Å². The zero-order valence-corrected chi connectivity index (χ0v) is 17.3. The fraction of sp³-hybridized carbons (Fsp3) is 0.476. The number of pyridine rings is 2. The lowest BCUT2D eigenvalue weighted by Crippen LogP contribution is -2.39. The molecule has 4 rings (SSSR count). The molecule has 1 fully saturated rings. The molecule has 1 amide bonds. The zero-order chi connectivity index (χ0) is 20.2. The molecular weight excluding hydrogens is 389 g/mol. The van der Waals surface area contributed by atoms with Gasteiger partial charge in [0.25, 0.3) is 0 Å². The standard InChI is InChI=1S/C21H24FN5OS/c1-14-25-26-21(29-14)17-9-16-10-18(23-13-19(16)24-12-17)11-20(28)27-7-4-15(5-8-27)3-2-6-22/h9-10,12-13,15H,2-8,11H2,1H3. The summed E-state index contributed by atoms with van der Waals surface area (Å²) >= 11 is 1.53. The summed E-state index contributed by atoms with van der Waals surface area (Å²) in [5.74, 6) is 0.645. The van der Waals surface area contributed by atoms with E-state index in [9.17, 15) is 9.18 Å². The molecule has 8 heteroatoms. The van der Waals surface area contributed by atoms with Crippen LogP contribution < -0.4 is 0 Å². The lowest BCUT2D eigenvalue weighted by molar-refractivity contribution is -0.131. The minimum atomic E-state index is -0.248. The van der Waals surface area contributed by atoms with E-state index in [4.69, 9.17) is 0 Å². The predicted octanol–water partition coefficient (Wildman–Crippen LogP) is 3.99. The Kier molecular flexibility index (Phi) is 6.08. The van der Waals surface area contributed by atoms with E-state index in [-0.39, 0.29) is 19.0 Å². The molecule has 0 spiro atoms. The van der Waals surface area contributed by atoms with Crippen molar-refractivity contribution < 1.29 is 9.18 Å². The van der Waals surface area contributed by atoms with Gasteiger partial charge >= 0.3 is 0 Å². The third kappa shape index (κ3) is 4.75. The number of aromatic nitrogens is 4. The fourth-order valence-corrected chi connectivity index (χ4v) is 4.48. The molecule has 3 aromatic rings. The normalized spacial score (nSPS) is 15.2. The number of carbonyl (C=O) groups excluding carboxylic acids is 1. The number of likely N-dealkylation sites (tertiary alicyclic amines) is 1. The molecule has 29 heavy (non-hydrogen) atoms. The highest BCUT2D eigenvalue weighted by Gasteiger charge is 2.23. The van der Waals surface area contributed by atoms with E-state index in [1.807, 2.05) is 24.0 Å². The number of alkyl halides is 1. The second kappa shape index (κ2) is 8.90. The number of nitrogens with zero attached hydrogens (tertiary/aromatic N) is 5. The lowest BCUT2D eigenvalue weighted by atomic mass is 9.92. The Balaban J connectivity index is 1.43. The van der Waals surface area contributed by atoms with Gasteiger partial charge in [-0.05, 0) is 50.7 Å². The van der Waals surface area contributed by atoms with Crippen LogP contribution in [0.15, 0.2) is 24.5 Å². The Morgan fingerprint density at radius 2 is 2.03 bits per heavy atom. The first-order valence-corrected chi connectivity index (χ1v) is 10.8. The molecule has 0 atom stereocenters. The highest BCUT2D eigenvalue weighted by molar-refractivity contribution is 7.14. The summed E-state index contributed by atoms with van der Waals surface area (Å²) in [6.45, 7) is 3.19. The summed E-state index contributed by atoms with van der Waals surface area (Å²) in [4.78, 5) is 23.5. The summed E-state index contributed by atoms with van der Waals surface area (Å²) in [6, 6.07) is 3.96. The highest BCUT2D eigenvalue weighted by atomic mass is 32.1. The van der Waals surface area contributed by atoms with Crippen LogP contribution in [0.1, 0.15) is 36.4 Å². The van der Waals surface area contributed by atoms with Crippen molar-refractivity contribution in [2.45, 2.75) is 39.0 Å². The van der Waals surface area contributed by atoms with Crippen LogP contribution in [0.25, 0.3) is 21.5 Å². The van der Waals surface area contributed by atoms with Crippen molar-refractivity contribution in [1.82, 2.24) is 25.1 Å². The van der Waals surface area contributed by atoms with Crippen molar-refractivity contribution >= 4 is 28.1 Å². The van der Waals surface area contributed by atoms with Crippen LogP contribution in [0.5, 0.6) is 0 Å². The molecule has 0 N–H and O–H groups in total. The second-order valence-electron chi connectivity index (χ2n) is 7.55. The molecule has 0 saturated carbocycles. The van der Waals surface area contributed by atoms with Crippen LogP contribution >= 0.6 is 11.3 Å². The summed E-state index contributed by atoms with van der Waals surface area (Å²) in [7, 11) is 0. The van der Waals surface area contributed by atoms with Crippen molar-refractivity contribution in [1.29, 1.82) is 0 Å². The maximum absolute atomic E-state index is 12.7. The maximum Gasteiger partial charge on any atom is 0.228 e. The number of halogens is 1. The lowest BCUT2D eigenvalue weighted by Gasteiger charge is -2.32. The van der Waals surface area contributed by atoms with Crippen molar-refractivity contribution in [3.05, 3.63) is 35.2 Å². The monoisotopic (exact) mass is 413 g/mol. The Bertz CT molecular complexity index is 1000. The molecule has 1 aliphatic heterocycles. The molecule has 0 aromatic carbocycles. The maximum atomic E-state index is 12.7. The third-order valence-corrected chi connectivity index (χ3v) is 6.33. The number of hydrogen-bond donors (Lipinski definition) is 0. The quantitative estimate of drug-likeness (QED) is 0.611. The number of piperidine rings is 1. The average molecular weight is 414 g/mol. The van der Waals surface area contributed by atoms with Gasteiger partial charge in [0.15, 0.2) is 0 Å². The Hall–Kier alpha value is -2.48. The number of hydrogen-bond acceptors (Lipinski definition) is 6. The van der Waals surface area contributed by atoms with E-state index < -0.39 is 0 Å². The van der Waals surface area contributed by atoms with Gasteiger partial charge in [-0.3, -0.25) is 19.2 Å². The molecule has 3 aromatic heterocycles. The molecule has 1 saturated heterocycles. The molecule has 6 nitrogen and oxygen atoms in total. The Morgan fingerprint density at radius 3 is 2.76 bits per heavy atom. The van der Waals surface area contributed by atoms with Gasteiger partial charge in [-0.25, -0.2) is 0 Å². The van der Waals surface area contributed by atoms with Crippen LogP contribution in [0, 0.1) is 12.8 Å². The summed E-state index contributed by atoms with van der Waals surface area (Å²) in [5.41, 5.74) is 2.45. The predicted molar refractivity (Wildman–Crippen MR) is 111 cm³/mol. The first-order valence-electron chi connectivity index (χ1n) is 10.0. The van der Waals surface area contributed by atoms with Crippen LogP contribution in [-0.2, 0) is 11.2 Å². The van der Waals surface area contributed by atoms with Crippen molar-refractivity contribution in [2.24, 2.45) is 5.92 Å². The number of carbonyl (C=O) groups is 1. The summed E-state index contributed by atoms with van der Waals surface area (Å²) < 4.78 is 12.3. The molecule has 1 aliphatic rings. The average Bonchev–Trinajstić information content (AvgIpc) is 3.18. The molecule has 0 aliphatic carbocycles. The number of fused-ring (bicyclic) bond motifs is 1. The van der Waals surface area contributed by atoms with Gasteiger partial charge in [0.2, 0.25) is 5.91 Å². The van der Waals surface area contributed by atoms with Gasteiger partial charge in [-0.1, -0.05) is 11.3 Å². The van der Waals surface area contributed by atoms with E-state index in [2.05, 4.69) is 20.2 Å². The minimum Gasteiger partial charge on any atom is -0.342 e. The van der Waals surface area contributed by atoms with E-state index in [1.165, 1.54) is 11.3 Å². The molecule has 0 radical (unpaired) electrons. The van der Waals surface area contributed by atoms with E-state index in [0.29, 0.717) is 12.3 Å². The fourth-order valence-electron chi connectivity index (χ4n) is 3.81. The number of amides is 1. The van der Waals surface area contributed by atoms with E-state index in [1.54, 1.807) is 12.4 Å². The van der Waals surface area contributed by atoms with Crippen molar-refractivity contribution in [3.63, 3.8) is 0 Å². The van der Waals surface area contributed by atoms with Crippen LogP contribution in [0.3, 0.4) is 0 Å². The van der Waals surface area contributed by atoms with Gasteiger partial charge in [-0.15, -0.1) is 10.2 Å². The number of rotatable bonds is 6. The van der Waals surface area contributed by atoms with E-state index in [0.717, 1.165) is 64.5 Å². The summed E-state index contributed by atoms with van der Waals surface area (Å²) in [5, 5.41) is 10.9. The van der Waals surface area contributed by atoms with Gasteiger partial charge in [-0.2, -0.15) is 0 Å². The smallest absolute Gasteiger partial charge is 0.228 e. The molecule has 0 bridgehead atoms. The molecule has 4 heterocycles. The van der Waals surface area contributed by atoms with Crippen LogP contribution in [0.4, 0.5) is 4.39 Å². The minimum absolute atomic E-state index is 0.102.